The van der Waals surface area contributed by atoms with Crippen molar-refractivity contribution >= 4 is 21.6 Å². The maximum Gasteiger partial charge on any atom is 0.422 e. The fourth-order valence-corrected chi connectivity index (χ4v) is 3.39. The second-order valence-corrected chi connectivity index (χ2v) is 7.89. The van der Waals surface area contributed by atoms with Crippen LogP contribution in [-0.2, 0) is 14.8 Å². The molecule has 0 aromatic heterocycles. The van der Waals surface area contributed by atoms with Gasteiger partial charge in [0.25, 0.3) is 0 Å². The number of benzene rings is 2. The predicted molar refractivity (Wildman–Crippen MR) is 97.6 cm³/mol. The summed E-state index contributed by atoms with van der Waals surface area (Å²) in [5.41, 5.74) is -0.103. The van der Waals surface area contributed by atoms with E-state index in [1.165, 1.54) is 25.2 Å². The quantitative estimate of drug-likeness (QED) is 0.733. The van der Waals surface area contributed by atoms with Crippen molar-refractivity contribution < 1.29 is 31.1 Å². The van der Waals surface area contributed by atoms with Crippen molar-refractivity contribution in [2.75, 3.05) is 25.5 Å². The van der Waals surface area contributed by atoms with E-state index in [-0.39, 0.29) is 21.9 Å². The molecule has 0 atom stereocenters. The van der Waals surface area contributed by atoms with Crippen molar-refractivity contribution in [1.82, 2.24) is 4.31 Å². The summed E-state index contributed by atoms with van der Waals surface area (Å²) in [6.45, 7) is -2.07. The van der Waals surface area contributed by atoms with Crippen LogP contribution in [0.25, 0.3) is 0 Å². The van der Waals surface area contributed by atoms with Gasteiger partial charge in [0.05, 0.1) is 17.0 Å². The Morgan fingerprint density at radius 3 is 2.45 bits per heavy atom. The lowest BCUT2D eigenvalue weighted by molar-refractivity contribution is -0.153. The zero-order valence-corrected chi connectivity index (χ0v) is 15.9. The van der Waals surface area contributed by atoms with E-state index in [1.54, 1.807) is 24.3 Å². The Labute approximate surface area is 165 Å². The molecule has 29 heavy (non-hydrogen) atoms. The topological polar surface area (TPSA) is 99.5 Å². The summed E-state index contributed by atoms with van der Waals surface area (Å²) < 4.78 is 67.0. The van der Waals surface area contributed by atoms with Crippen molar-refractivity contribution in [3.05, 3.63) is 54.1 Å². The van der Waals surface area contributed by atoms with Gasteiger partial charge in [-0.05, 0) is 30.3 Å². The van der Waals surface area contributed by atoms with Crippen LogP contribution < -0.4 is 10.1 Å². The molecule has 0 bridgehead atoms. The molecule has 1 N–H and O–H groups in total. The first kappa shape index (κ1) is 22.2. The van der Waals surface area contributed by atoms with Crippen LogP contribution in [0.5, 0.6) is 5.75 Å². The summed E-state index contributed by atoms with van der Waals surface area (Å²) >= 11 is 0. The largest absolute Gasteiger partial charge is 0.483 e. The summed E-state index contributed by atoms with van der Waals surface area (Å²) in [5.74, 6) is -0.980. The summed E-state index contributed by atoms with van der Waals surface area (Å²) in [5, 5.41) is 11.5. The molecule has 0 spiro atoms. The Hall–Kier alpha value is -3.10. The molecule has 2 aromatic carbocycles. The molecule has 7 nitrogen and oxygen atoms in total. The van der Waals surface area contributed by atoms with Gasteiger partial charge in [-0.25, -0.2) is 8.42 Å². The van der Waals surface area contributed by atoms with Crippen LogP contribution >= 0.6 is 0 Å². The van der Waals surface area contributed by atoms with Gasteiger partial charge in [-0.1, -0.05) is 18.2 Å². The summed E-state index contributed by atoms with van der Waals surface area (Å²) in [6.07, 6.45) is -4.56. The lowest BCUT2D eigenvalue weighted by Gasteiger charge is -2.17. The predicted octanol–water partition coefficient (Wildman–Crippen LogP) is 2.76. The minimum absolute atomic E-state index is 0.0215. The molecule has 0 unspecified atom stereocenters. The highest BCUT2D eigenvalue weighted by molar-refractivity contribution is 7.89. The molecule has 0 aliphatic carbocycles. The van der Waals surface area contributed by atoms with Gasteiger partial charge in [0.2, 0.25) is 15.9 Å². The minimum atomic E-state index is -4.56. The molecular weight excluding hydrogens is 411 g/mol. The summed E-state index contributed by atoms with van der Waals surface area (Å²) in [4.78, 5) is 12.2. The number of ether oxygens (including phenoxy) is 1. The van der Waals surface area contributed by atoms with Gasteiger partial charge in [0.15, 0.2) is 6.61 Å². The normalized spacial score (nSPS) is 11.7. The van der Waals surface area contributed by atoms with E-state index < -0.39 is 35.3 Å². The zero-order chi connectivity index (χ0) is 21.7. The van der Waals surface area contributed by atoms with E-state index in [0.29, 0.717) is 0 Å². The number of halogens is 3. The van der Waals surface area contributed by atoms with Crippen molar-refractivity contribution in [3.63, 3.8) is 0 Å². The molecule has 0 fully saturated rings. The Kier molecular flexibility index (Phi) is 6.84. The van der Waals surface area contributed by atoms with Crippen LogP contribution in [0.2, 0.25) is 0 Å². The van der Waals surface area contributed by atoms with Crippen LogP contribution in [0.4, 0.5) is 18.9 Å². The number of hydrogen-bond donors (Lipinski definition) is 1. The second kappa shape index (κ2) is 8.93. The van der Waals surface area contributed by atoms with Crippen molar-refractivity contribution in [3.8, 4) is 11.8 Å². The highest BCUT2D eigenvalue weighted by Crippen LogP contribution is 2.25. The van der Waals surface area contributed by atoms with E-state index in [4.69, 9.17) is 5.26 Å². The average molecular weight is 427 g/mol. The molecular formula is C18H16F3N3O4S. The number of nitrogens with zero attached hydrogens (tertiary/aromatic N) is 2. The van der Waals surface area contributed by atoms with Gasteiger partial charge in [0, 0.05) is 12.7 Å². The highest BCUT2D eigenvalue weighted by atomic mass is 32.2. The van der Waals surface area contributed by atoms with Gasteiger partial charge < -0.3 is 10.1 Å². The van der Waals surface area contributed by atoms with E-state index in [2.05, 4.69) is 10.1 Å². The number of carbonyl (C=O) groups excluding carboxylic acids is 1. The van der Waals surface area contributed by atoms with Crippen LogP contribution in [0.1, 0.15) is 5.56 Å². The lowest BCUT2D eigenvalue weighted by atomic mass is 10.2. The average Bonchev–Trinajstić information content (AvgIpc) is 2.66. The standard InChI is InChI=1S/C18H16F3N3O4S/c1-24(29(26,27)15-5-3-2-4-6-15)11-17(25)23-14-7-8-16(13(9-14)10-22)28-12-18(19,20)21/h2-9H,11-12H2,1H3,(H,23,25). The number of rotatable bonds is 7. The first-order valence-corrected chi connectivity index (χ1v) is 9.52. The maximum absolute atomic E-state index is 12.4. The van der Waals surface area contributed by atoms with E-state index in [1.807, 2.05) is 0 Å². The highest BCUT2D eigenvalue weighted by Gasteiger charge is 2.29. The molecule has 0 radical (unpaired) electrons. The first-order chi connectivity index (χ1) is 13.5. The Morgan fingerprint density at radius 1 is 1.21 bits per heavy atom. The number of likely N-dealkylation sites (N-methyl/N-ethyl adjacent to an activating group) is 1. The van der Waals surface area contributed by atoms with Crippen LogP contribution in [0.15, 0.2) is 53.4 Å². The Balaban J connectivity index is 2.06. The minimum Gasteiger partial charge on any atom is -0.483 e. The maximum atomic E-state index is 12.4. The van der Waals surface area contributed by atoms with Crippen molar-refractivity contribution in [2.45, 2.75) is 11.1 Å². The molecule has 2 aromatic rings. The van der Waals surface area contributed by atoms with Crippen molar-refractivity contribution in [1.29, 1.82) is 5.26 Å². The fourth-order valence-electron chi connectivity index (χ4n) is 2.24. The van der Waals surface area contributed by atoms with E-state index in [9.17, 15) is 26.4 Å². The summed E-state index contributed by atoms with van der Waals surface area (Å²) in [6, 6.07) is 12.7. The smallest absolute Gasteiger partial charge is 0.422 e. The molecule has 0 aliphatic rings. The van der Waals surface area contributed by atoms with Crippen LogP contribution in [0.3, 0.4) is 0 Å². The van der Waals surface area contributed by atoms with Crippen molar-refractivity contribution in [2.24, 2.45) is 0 Å². The molecule has 0 saturated carbocycles. The molecule has 1 amide bonds. The number of amides is 1. The first-order valence-electron chi connectivity index (χ1n) is 8.08. The van der Waals surface area contributed by atoms with E-state index in [0.717, 1.165) is 16.4 Å². The monoisotopic (exact) mass is 427 g/mol. The van der Waals surface area contributed by atoms with Gasteiger partial charge in [-0.2, -0.15) is 22.7 Å². The Bertz CT molecular complexity index is 1020. The molecule has 11 heteroatoms. The van der Waals surface area contributed by atoms with Gasteiger partial charge in [-0.3, -0.25) is 4.79 Å². The third kappa shape index (κ3) is 6.20. The number of anilines is 1. The SMILES string of the molecule is CN(CC(=O)Nc1ccc(OCC(F)(F)F)c(C#N)c1)S(=O)(=O)c1ccccc1. The van der Waals surface area contributed by atoms with Gasteiger partial charge in [0.1, 0.15) is 11.8 Å². The van der Waals surface area contributed by atoms with Gasteiger partial charge in [-0.15, -0.1) is 0 Å². The number of sulfonamides is 1. The molecule has 0 saturated heterocycles. The number of alkyl halides is 3. The molecule has 2 rings (SSSR count). The number of nitriles is 1. The fraction of sp³-hybridized carbons (Fsp3) is 0.222. The number of nitrogens with one attached hydrogen (secondary N) is 1. The van der Waals surface area contributed by atoms with Crippen LogP contribution in [-0.4, -0.2) is 45.0 Å². The molecule has 154 valence electrons. The lowest BCUT2D eigenvalue weighted by Crippen LogP contribution is -2.34. The third-order valence-corrected chi connectivity index (χ3v) is 5.41. The van der Waals surface area contributed by atoms with Gasteiger partial charge >= 0.3 is 6.18 Å². The van der Waals surface area contributed by atoms with Crippen LogP contribution in [0, 0.1) is 11.3 Å². The molecule has 0 heterocycles. The third-order valence-electron chi connectivity index (χ3n) is 3.59. The van der Waals surface area contributed by atoms with E-state index >= 15 is 0 Å². The number of carbonyl (C=O) groups is 1. The molecule has 0 aliphatic heterocycles. The zero-order valence-electron chi connectivity index (χ0n) is 15.1. The summed E-state index contributed by atoms with van der Waals surface area (Å²) in [7, 11) is -2.64. The second-order valence-electron chi connectivity index (χ2n) is 5.85. The number of hydrogen-bond acceptors (Lipinski definition) is 5. The Morgan fingerprint density at radius 2 is 1.86 bits per heavy atom.